The number of benzene rings is 1. The first-order valence-corrected chi connectivity index (χ1v) is 6.20. The highest BCUT2D eigenvalue weighted by Gasteiger charge is 2.36. The molecule has 0 bridgehead atoms. The van der Waals surface area contributed by atoms with Gasteiger partial charge in [-0.3, -0.25) is 0 Å². The fourth-order valence-electron chi connectivity index (χ4n) is 1.70. The molecule has 0 amide bonds. The third kappa shape index (κ3) is 4.48. The molecule has 10 heteroatoms. The lowest BCUT2D eigenvalue weighted by molar-refractivity contribution is -0.138. The molecule has 130 valence electrons. The summed E-state index contributed by atoms with van der Waals surface area (Å²) in [4.78, 5) is 34.1. The van der Waals surface area contributed by atoms with Gasteiger partial charge in [-0.25, -0.2) is 14.4 Å². The summed E-state index contributed by atoms with van der Waals surface area (Å²) in [7, 11) is 1.99. The maximum absolute atomic E-state index is 12.9. The quantitative estimate of drug-likeness (QED) is 0.621. The standard InChI is InChI=1S/C14H12F3NO6/c1-23-10(19)6-9(13(22)24-2)18-8-5-3-4-7(14(15,16)17)11(8)12(20)21/h3-6,18H,1-2H3,(H,20,21)/b9-6+. The van der Waals surface area contributed by atoms with Crippen LogP contribution in [0.1, 0.15) is 15.9 Å². The van der Waals surface area contributed by atoms with E-state index in [0.29, 0.717) is 12.1 Å². The van der Waals surface area contributed by atoms with Gasteiger partial charge in [0.2, 0.25) is 0 Å². The van der Waals surface area contributed by atoms with Gasteiger partial charge in [-0.05, 0) is 12.1 Å². The lowest BCUT2D eigenvalue weighted by atomic mass is 10.0. The van der Waals surface area contributed by atoms with E-state index in [2.05, 4.69) is 14.8 Å². The maximum atomic E-state index is 12.9. The number of carboxylic acid groups (broad SMARTS) is 1. The van der Waals surface area contributed by atoms with Crippen molar-refractivity contribution in [2.75, 3.05) is 19.5 Å². The first-order valence-electron chi connectivity index (χ1n) is 6.20. The number of alkyl halides is 3. The number of nitrogens with one attached hydrogen (secondary N) is 1. The van der Waals surface area contributed by atoms with Crippen molar-refractivity contribution < 1.29 is 42.1 Å². The number of esters is 2. The fourth-order valence-corrected chi connectivity index (χ4v) is 1.70. The number of ether oxygens (including phenoxy) is 2. The highest BCUT2D eigenvalue weighted by Crippen LogP contribution is 2.35. The summed E-state index contributed by atoms with van der Waals surface area (Å²) in [6, 6.07) is 2.54. The highest BCUT2D eigenvalue weighted by atomic mass is 19.4. The number of carbonyl (C=O) groups excluding carboxylic acids is 2. The number of methoxy groups -OCH3 is 2. The van der Waals surface area contributed by atoms with Crippen molar-refractivity contribution in [3.63, 3.8) is 0 Å². The van der Waals surface area contributed by atoms with E-state index in [-0.39, 0.29) is 0 Å². The van der Waals surface area contributed by atoms with Crippen molar-refractivity contribution in [1.29, 1.82) is 0 Å². The molecule has 0 aliphatic carbocycles. The molecular weight excluding hydrogens is 335 g/mol. The zero-order valence-corrected chi connectivity index (χ0v) is 12.4. The average molecular weight is 347 g/mol. The van der Waals surface area contributed by atoms with Gasteiger partial charge in [0.15, 0.2) is 0 Å². The molecule has 0 atom stereocenters. The van der Waals surface area contributed by atoms with Gasteiger partial charge in [0.05, 0.1) is 37.1 Å². The summed E-state index contributed by atoms with van der Waals surface area (Å²) in [6.45, 7) is 0. The fraction of sp³-hybridized carbons (Fsp3) is 0.214. The summed E-state index contributed by atoms with van der Waals surface area (Å²) in [5.41, 5.74) is -3.66. The summed E-state index contributed by atoms with van der Waals surface area (Å²) < 4.78 is 47.5. The highest BCUT2D eigenvalue weighted by molar-refractivity contribution is 6.02. The topological polar surface area (TPSA) is 102 Å². The van der Waals surface area contributed by atoms with Crippen LogP contribution >= 0.6 is 0 Å². The molecule has 1 aromatic rings. The smallest absolute Gasteiger partial charge is 0.417 e. The van der Waals surface area contributed by atoms with Crippen molar-refractivity contribution in [2.24, 2.45) is 0 Å². The minimum atomic E-state index is -4.93. The number of hydrogen-bond acceptors (Lipinski definition) is 6. The molecule has 0 spiro atoms. The van der Waals surface area contributed by atoms with Crippen LogP contribution in [0, 0.1) is 0 Å². The maximum Gasteiger partial charge on any atom is 0.417 e. The average Bonchev–Trinajstić information content (AvgIpc) is 2.51. The third-order valence-corrected chi connectivity index (χ3v) is 2.72. The first-order chi connectivity index (χ1) is 11.1. The zero-order valence-electron chi connectivity index (χ0n) is 12.4. The largest absolute Gasteiger partial charge is 0.478 e. The van der Waals surface area contributed by atoms with E-state index in [4.69, 9.17) is 5.11 Å². The van der Waals surface area contributed by atoms with Crippen molar-refractivity contribution in [3.8, 4) is 0 Å². The Labute approximate surface area is 133 Å². The lowest BCUT2D eigenvalue weighted by Crippen LogP contribution is -2.19. The van der Waals surface area contributed by atoms with Crippen LogP contribution in [0.4, 0.5) is 18.9 Å². The Kier molecular flexibility index (Phi) is 5.93. The Morgan fingerprint density at radius 3 is 2.25 bits per heavy atom. The Morgan fingerprint density at radius 2 is 1.79 bits per heavy atom. The monoisotopic (exact) mass is 347 g/mol. The van der Waals surface area contributed by atoms with Crippen LogP contribution in [0.15, 0.2) is 30.0 Å². The van der Waals surface area contributed by atoms with E-state index >= 15 is 0 Å². The molecule has 1 aromatic carbocycles. The van der Waals surface area contributed by atoms with Gasteiger partial charge in [0.1, 0.15) is 5.70 Å². The molecule has 0 saturated carbocycles. The second-order valence-electron chi connectivity index (χ2n) is 4.23. The molecule has 0 radical (unpaired) electrons. The number of halogens is 3. The number of carbonyl (C=O) groups is 3. The first kappa shape index (κ1) is 19.0. The Morgan fingerprint density at radius 1 is 1.17 bits per heavy atom. The summed E-state index contributed by atoms with van der Waals surface area (Å²) in [5, 5.41) is 11.2. The van der Waals surface area contributed by atoms with Gasteiger partial charge >= 0.3 is 24.1 Å². The number of rotatable bonds is 5. The van der Waals surface area contributed by atoms with Gasteiger partial charge in [-0.15, -0.1) is 0 Å². The number of anilines is 1. The third-order valence-electron chi connectivity index (χ3n) is 2.72. The second kappa shape index (κ2) is 7.49. The molecule has 2 N–H and O–H groups in total. The minimum Gasteiger partial charge on any atom is -0.478 e. The molecule has 24 heavy (non-hydrogen) atoms. The molecule has 0 aliphatic heterocycles. The summed E-state index contributed by atoms with van der Waals surface area (Å²) in [6.07, 6.45) is -4.30. The van der Waals surface area contributed by atoms with E-state index in [1.807, 2.05) is 0 Å². The van der Waals surface area contributed by atoms with E-state index in [9.17, 15) is 27.6 Å². The minimum absolute atomic E-state index is 0.544. The molecule has 0 unspecified atom stereocenters. The van der Waals surface area contributed by atoms with Crippen LogP contribution in [-0.4, -0.2) is 37.2 Å². The Balaban J connectivity index is 3.45. The van der Waals surface area contributed by atoms with Crippen molar-refractivity contribution in [2.45, 2.75) is 6.18 Å². The zero-order chi connectivity index (χ0) is 18.5. The van der Waals surface area contributed by atoms with Crippen LogP contribution < -0.4 is 5.32 Å². The van der Waals surface area contributed by atoms with Crippen LogP contribution in [-0.2, 0) is 25.2 Å². The van der Waals surface area contributed by atoms with Gasteiger partial charge in [0, 0.05) is 0 Å². The molecular formula is C14H12F3NO6. The van der Waals surface area contributed by atoms with Crippen molar-refractivity contribution in [3.05, 3.63) is 41.1 Å². The van der Waals surface area contributed by atoms with E-state index in [1.165, 1.54) is 0 Å². The van der Waals surface area contributed by atoms with Gasteiger partial charge in [-0.2, -0.15) is 13.2 Å². The molecule has 7 nitrogen and oxygen atoms in total. The van der Waals surface area contributed by atoms with E-state index in [1.54, 1.807) is 0 Å². The van der Waals surface area contributed by atoms with Crippen LogP contribution in [0.3, 0.4) is 0 Å². The van der Waals surface area contributed by atoms with Gasteiger partial charge < -0.3 is 19.9 Å². The van der Waals surface area contributed by atoms with Crippen molar-refractivity contribution in [1.82, 2.24) is 0 Å². The van der Waals surface area contributed by atoms with Crippen molar-refractivity contribution >= 4 is 23.6 Å². The number of hydrogen-bond donors (Lipinski definition) is 2. The van der Waals surface area contributed by atoms with E-state index in [0.717, 1.165) is 26.4 Å². The molecule has 0 heterocycles. The molecule has 0 aromatic heterocycles. The normalized spacial score (nSPS) is 11.6. The lowest BCUT2D eigenvalue weighted by Gasteiger charge is -2.16. The van der Waals surface area contributed by atoms with Gasteiger partial charge in [0.25, 0.3) is 0 Å². The predicted molar refractivity (Wildman–Crippen MR) is 74.1 cm³/mol. The second-order valence-corrected chi connectivity index (χ2v) is 4.23. The summed E-state index contributed by atoms with van der Waals surface area (Å²) >= 11 is 0. The molecule has 0 aliphatic rings. The molecule has 0 fully saturated rings. The van der Waals surface area contributed by atoms with E-state index < -0.39 is 46.6 Å². The van der Waals surface area contributed by atoms with Crippen LogP contribution in [0.5, 0.6) is 0 Å². The van der Waals surface area contributed by atoms with Gasteiger partial charge in [-0.1, -0.05) is 6.07 Å². The van der Waals surface area contributed by atoms with Crippen LogP contribution in [0.25, 0.3) is 0 Å². The molecule has 1 rings (SSSR count). The Hall–Kier alpha value is -3.04. The Bertz CT molecular complexity index is 696. The summed E-state index contributed by atoms with van der Waals surface area (Å²) in [5.74, 6) is -3.96. The number of aromatic carboxylic acids is 1. The molecule has 0 saturated heterocycles. The predicted octanol–water partition coefficient (Wildman–Crippen LogP) is 2.05. The number of carboxylic acids is 1. The van der Waals surface area contributed by atoms with Crippen LogP contribution in [0.2, 0.25) is 0 Å². The SMILES string of the molecule is COC(=O)/C=C(/Nc1cccc(C(F)(F)F)c1C(=O)O)C(=O)OC.